The summed E-state index contributed by atoms with van der Waals surface area (Å²) in [4.78, 5) is 23.4. The van der Waals surface area contributed by atoms with Gasteiger partial charge in [-0.2, -0.15) is 5.26 Å². The number of amides is 1. The van der Waals surface area contributed by atoms with Crippen LogP contribution in [-0.2, 0) is 14.3 Å². The fraction of sp³-hybridized carbons (Fsp3) is 0.471. The van der Waals surface area contributed by atoms with Crippen molar-refractivity contribution in [2.75, 3.05) is 13.2 Å². The van der Waals surface area contributed by atoms with E-state index in [1.807, 2.05) is 0 Å². The number of esters is 1. The lowest BCUT2D eigenvalue weighted by Crippen LogP contribution is -2.50. The summed E-state index contributed by atoms with van der Waals surface area (Å²) in [6.07, 6.45) is 4.02. The maximum Gasteiger partial charge on any atom is 0.344 e. The van der Waals surface area contributed by atoms with E-state index in [2.05, 4.69) is 11.4 Å². The zero-order valence-corrected chi connectivity index (χ0v) is 13.2. The summed E-state index contributed by atoms with van der Waals surface area (Å²) >= 11 is 0. The highest BCUT2D eigenvalue weighted by molar-refractivity contribution is 5.81. The highest BCUT2D eigenvalue weighted by Crippen LogP contribution is 2.27. The number of carbonyl (C=O) groups is 2. The van der Waals surface area contributed by atoms with Gasteiger partial charge in [0.05, 0.1) is 6.07 Å². The van der Waals surface area contributed by atoms with Gasteiger partial charge in [0.2, 0.25) is 0 Å². The van der Waals surface area contributed by atoms with Gasteiger partial charge in [0.1, 0.15) is 17.1 Å². The van der Waals surface area contributed by atoms with Gasteiger partial charge in [-0.25, -0.2) is 9.18 Å². The van der Waals surface area contributed by atoms with Crippen molar-refractivity contribution >= 4 is 11.9 Å². The number of halogens is 1. The molecule has 128 valence electrons. The lowest BCUT2D eigenvalue weighted by molar-refractivity contribution is -0.150. The quantitative estimate of drug-likeness (QED) is 0.805. The average molecular weight is 334 g/mol. The third-order valence-corrected chi connectivity index (χ3v) is 3.82. The number of nitrogens with one attached hydrogen (secondary N) is 1. The first-order valence-electron chi connectivity index (χ1n) is 7.79. The van der Waals surface area contributed by atoms with Crippen molar-refractivity contribution in [3.63, 3.8) is 0 Å². The smallest absolute Gasteiger partial charge is 0.344 e. The van der Waals surface area contributed by atoms with E-state index in [1.54, 1.807) is 0 Å². The molecular weight excluding hydrogens is 315 g/mol. The third-order valence-electron chi connectivity index (χ3n) is 3.82. The van der Waals surface area contributed by atoms with Crippen LogP contribution in [0.1, 0.15) is 32.1 Å². The van der Waals surface area contributed by atoms with E-state index in [-0.39, 0.29) is 5.75 Å². The van der Waals surface area contributed by atoms with Crippen molar-refractivity contribution in [1.82, 2.24) is 5.32 Å². The summed E-state index contributed by atoms with van der Waals surface area (Å²) in [7, 11) is 0. The zero-order valence-electron chi connectivity index (χ0n) is 13.2. The van der Waals surface area contributed by atoms with Crippen LogP contribution in [0.3, 0.4) is 0 Å². The Bertz CT molecular complexity index is 636. The molecule has 1 N–H and O–H groups in total. The van der Waals surface area contributed by atoms with Crippen LogP contribution < -0.4 is 10.1 Å². The lowest BCUT2D eigenvalue weighted by atomic mass is 9.83. The number of benzene rings is 1. The zero-order chi connectivity index (χ0) is 17.4. The SMILES string of the molecule is N#CC1(NC(=O)COC(=O)COc2cccc(F)c2)CCCCC1. The van der Waals surface area contributed by atoms with Crippen LogP contribution in [0.25, 0.3) is 0 Å². The minimum atomic E-state index is -0.861. The molecule has 7 heteroatoms. The first kappa shape index (κ1) is 17.7. The number of nitriles is 1. The number of ether oxygens (including phenoxy) is 2. The van der Waals surface area contributed by atoms with Crippen molar-refractivity contribution in [1.29, 1.82) is 5.26 Å². The fourth-order valence-electron chi connectivity index (χ4n) is 2.61. The normalized spacial score (nSPS) is 15.8. The molecule has 0 radical (unpaired) electrons. The Balaban J connectivity index is 1.73. The minimum absolute atomic E-state index is 0.196. The van der Waals surface area contributed by atoms with Gasteiger partial charge in [-0.05, 0) is 25.0 Å². The second-order valence-corrected chi connectivity index (χ2v) is 5.71. The van der Waals surface area contributed by atoms with Gasteiger partial charge in [-0.3, -0.25) is 4.79 Å². The van der Waals surface area contributed by atoms with E-state index in [0.717, 1.165) is 25.3 Å². The number of hydrogen-bond acceptors (Lipinski definition) is 5. The Morgan fingerprint density at radius 1 is 1.25 bits per heavy atom. The molecule has 1 aromatic carbocycles. The summed E-state index contributed by atoms with van der Waals surface area (Å²) < 4.78 is 22.8. The lowest BCUT2D eigenvalue weighted by Gasteiger charge is -2.31. The minimum Gasteiger partial charge on any atom is -0.482 e. The summed E-state index contributed by atoms with van der Waals surface area (Å²) in [5.74, 6) is -1.54. The van der Waals surface area contributed by atoms with E-state index in [9.17, 15) is 19.2 Å². The summed E-state index contributed by atoms with van der Waals surface area (Å²) in [6, 6.07) is 7.51. The molecule has 2 rings (SSSR count). The highest BCUT2D eigenvalue weighted by Gasteiger charge is 2.33. The molecule has 0 aromatic heterocycles. The van der Waals surface area contributed by atoms with Gasteiger partial charge in [0.15, 0.2) is 13.2 Å². The van der Waals surface area contributed by atoms with Crippen LogP contribution in [0.15, 0.2) is 24.3 Å². The predicted octanol–water partition coefficient (Wildman–Crippen LogP) is 2.09. The van der Waals surface area contributed by atoms with Crippen molar-refractivity contribution in [2.24, 2.45) is 0 Å². The summed E-state index contributed by atoms with van der Waals surface area (Å²) in [5.41, 5.74) is -0.861. The van der Waals surface area contributed by atoms with E-state index in [1.165, 1.54) is 18.2 Å². The van der Waals surface area contributed by atoms with Crippen LogP contribution in [0.4, 0.5) is 4.39 Å². The van der Waals surface area contributed by atoms with Crippen LogP contribution in [0.5, 0.6) is 5.75 Å². The van der Waals surface area contributed by atoms with Gasteiger partial charge in [0.25, 0.3) is 5.91 Å². The number of rotatable bonds is 6. The molecule has 0 aliphatic heterocycles. The molecule has 0 unspecified atom stereocenters. The number of nitrogens with zero attached hydrogens (tertiary/aromatic N) is 1. The Hall–Kier alpha value is -2.62. The largest absolute Gasteiger partial charge is 0.482 e. The standard InChI is InChI=1S/C17H19FN2O4/c18-13-5-4-6-14(9-13)23-11-16(22)24-10-15(21)20-17(12-19)7-2-1-3-8-17/h4-6,9H,1-3,7-8,10-11H2,(H,20,21). The van der Waals surface area contributed by atoms with Crippen LogP contribution in [0, 0.1) is 17.1 Å². The molecule has 0 saturated heterocycles. The molecule has 0 atom stereocenters. The fourth-order valence-corrected chi connectivity index (χ4v) is 2.61. The molecule has 0 bridgehead atoms. The second kappa shape index (κ2) is 8.29. The van der Waals surface area contributed by atoms with Crippen molar-refractivity contribution in [2.45, 2.75) is 37.6 Å². The van der Waals surface area contributed by atoms with E-state index in [0.29, 0.717) is 12.8 Å². The molecule has 1 aromatic rings. The van der Waals surface area contributed by atoms with Gasteiger partial charge in [-0.1, -0.05) is 25.3 Å². The molecule has 1 aliphatic carbocycles. The first-order valence-corrected chi connectivity index (χ1v) is 7.79. The first-order chi connectivity index (χ1) is 11.5. The van der Waals surface area contributed by atoms with Crippen molar-refractivity contribution in [3.05, 3.63) is 30.1 Å². The highest BCUT2D eigenvalue weighted by atomic mass is 19.1. The molecule has 1 amide bonds. The molecule has 0 heterocycles. The Kier molecular flexibility index (Phi) is 6.13. The van der Waals surface area contributed by atoms with E-state index < -0.39 is 36.4 Å². The van der Waals surface area contributed by atoms with Gasteiger partial charge >= 0.3 is 5.97 Å². The van der Waals surface area contributed by atoms with Crippen LogP contribution in [-0.4, -0.2) is 30.6 Å². The predicted molar refractivity (Wildman–Crippen MR) is 82.4 cm³/mol. The maximum atomic E-state index is 13.0. The van der Waals surface area contributed by atoms with Gasteiger partial charge in [0, 0.05) is 6.07 Å². The molecule has 1 aliphatic rings. The van der Waals surface area contributed by atoms with Crippen molar-refractivity contribution in [3.8, 4) is 11.8 Å². The molecule has 1 saturated carbocycles. The molecule has 1 fully saturated rings. The molecule has 24 heavy (non-hydrogen) atoms. The Morgan fingerprint density at radius 3 is 2.67 bits per heavy atom. The second-order valence-electron chi connectivity index (χ2n) is 5.71. The molecule has 0 spiro atoms. The Morgan fingerprint density at radius 2 is 2.00 bits per heavy atom. The summed E-state index contributed by atoms with van der Waals surface area (Å²) in [5, 5.41) is 11.9. The Labute approximate surface area is 139 Å². The third kappa shape index (κ3) is 5.23. The topological polar surface area (TPSA) is 88.4 Å². The van der Waals surface area contributed by atoms with Gasteiger partial charge < -0.3 is 14.8 Å². The van der Waals surface area contributed by atoms with Gasteiger partial charge in [-0.15, -0.1) is 0 Å². The number of carbonyl (C=O) groups excluding carboxylic acids is 2. The van der Waals surface area contributed by atoms with Crippen LogP contribution >= 0.6 is 0 Å². The molecular formula is C17H19FN2O4. The monoisotopic (exact) mass is 334 g/mol. The molecule has 6 nitrogen and oxygen atoms in total. The van der Waals surface area contributed by atoms with Crippen molar-refractivity contribution < 1.29 is 23.5 Å². The summed E-state index contributed by atoms with van der Waals surface area (Å²) in [6.45, 7) is -0.908. The van der Waals surface area contributed by atoms with Crippen LogP contribution in [0.2, 0.25) is 0 Å². The average Bonchev–Trinajstić information content (AvgIpc) is 2.59. The maximum absolute atomic E-state index is 13.0. The van der Waals surface area contributed by atoms with E-state index >= 15 is 0 Å². The van der Waals surface area contributed by atoms with E-state index in [4.69, 9.17) is 9.47 Å². The number of hydrogen-bond donors (Lipinski definition) is 1.